The van der Waals surface area contributed by atoms with Crippen LogP contribution in [0.2, 0.25) is 0 Å². The van der Waals surface area contributed by atoms with E-state index in [0.29, 0.717) is 0 Å². The number of benzene rings is 1. The summed E-state index contributed by atoms with van der Waals surface area (Å²) >= 11 is 0. The Morgan fingerprint density at radius 3 is 2.36 bits per heavy atom. The SMILES string of the molecule is CC.Cc1ccc2c(c1)c(C)cn2C. The summed E-state index contributed by atoms with van der Waals surface area (Å²) in [6.07, 6.45) is 2.17. The molecule has 0 N–H and O–H groups in total. The highest BCUT2D eigenvalue weighted by molar-refractivity contribution is 5.84. The predicted molar refractivity (Wildman–Crippen MR) is 63.7 cm³/mol. The van der Waals surface area contributed by atoms with Gasteiger partial charge in [-0.1, -0.05) is 25.5 Å². The van der Waals surface area contributed by atoms with Gasteiger partial charge in [-0.3, -0.25) is 0 Å². The van der Waals surface area contributed by atoms with Crippen molar-refractivity contribution in [2.45, 2.75) is 27.7 Å². The number of fused-ring (bicyclic) bond motifs is 1. The molecule has 0 aliphatic rings. The molecule has 0 unspecified atom stereocenters. The molecule has 0 saturated carbocycles. The van der Waals surface area contributed by atoms with Crippen molar-refractivity contribution in [3.63, 3.8) is 0 Å². The smallest absolute Gasteiger partial charge is 0.0480 e. The lowest BCUT2D eigenvalue weighted by atomic mass is 10.1. The number of rotatable bonds is 0. The van der Waals surface area contributed by atoms with Gasteiger partial charge in [-0.2, -0.15) is 0 Å². The van der Waals surface area contributed by atoms with Gasteiger partial charge >= 0.3 is 0 Å². The second-order valence-corrected chi connectivity index (χ2v) is 3.44. The molecule has 14 heavy (non-hydrogen) atoms. The van der Waals surface area contributed by atoms with E-state index in [1.165, 1.54) is 22.0 Å². The van der Waals surface area contributed by atoms with Crippen LogP contribution in [-0.2, 0) is 7.05 Å². The van der Waals surface area contributed by atoms with Crippen molar-refractivity contribution in [1.29, 1.82) is 0 Å². The molecule has 1 heteroatoms. The van der Waals surface area contributed by atoms with Crippen LogP contribution in [0.5, 0.6) is 0 Å². The summed E-state index contributed by atoms with van der Waals surface area (Å²) in [6.45, 7) is 8.29. The normalized spacial score (nSPS) is 9.79. The van der Waals surface area contributed by atoms with E-state index in [1.807, 2.05) is 13.8 Å². The van der Waals surface area contributed by atoms with Crippen LogP contribution in [0.4, 0.5) is 0 Å². The fourth-order valence-electron chi connectivity index (χ4n) is 1.70. The van der Waals surface area contributed by atoms with Crippen LogP contribution in [0, 0.1) is 13.8 Å². The zero-order valence-electron chi connectivity index (χ0n) is 9.76. The Bertz CT molecular complexity index is 424. The van der Waals surface area contributed by atoms with Crippen LogP contribution in [-0.4, -0.2) is 4.57 Å². The van der Waals surface area contributed by atoms with E-state index in [0.717, 1.165) is 0 Å². The van der Waals surface area contributed by atoms with Crippen molar-refractivity contribution < 1.29 is 0 Å². The van der Waals surface area contributed by atoms with E-state index in [4.69, 9.17) is 0 Å². The molecule has 1 aromatic carbocycles. The summed E-state index contributed by atoms with van der Waals surface area (Å²) in [6, 6.07) is 6.57. The van der Waals surface area contributed by atoms with Crippen molar-refractivity contribution in [1.82, 2.24) is 4.57 Å². The first kappa shape index (κ1) is 10.8. The Labute approximate surface area is 86.4 Å². The molecular weight excluding hydrogens is 170 g/mol. The van der Waals surface area contributed by atoms with Gasteiger partial charge in [0.05, 0.1) is 0 Å². The number of nitrogens with zero attached hydrogens (tertiary/aromatic N) is 1. The fourth-order valence-corrected chi connectivity index (χ4v) is 1.70. The van der Waals surface area contributed by atoms with Crippen LogP contribution in [0.3, 0.4) is 0 Å². The zero-order valence-corrected chi connectivity index (χ0v) is 9.76. The highest BCUT2D eigenvalue weighted by Gasteiger charge is 2.01. The third-order valence-electron chi connectivity index (χ3n) is 2.34. The average Bonchev–Trinajstić information content (AvgIpc) is 2.46. The van der Waals surface area contributed by atoms with Crippen LogP contribution < -0.4 is 0 Å². The highest BCUT2D eigenvalue weighted by atomic mass is 14.9. The molecule has 2 rings (SSSR count). The van der Waals surface area contributed by atoms with Crippen LogP contribution in [0.15, 0.2) is 24.4 Å². The third kappa shape index (κ3) is 1.82. The second-order valence-electron chi connectivity index (χ2n) is 3.44. The molecule has 0 aliphatic carbocycles. The predicted octanol–water partition coefficient (Wildman–Crippen LogP) is 3.82. The largest absolute Gasteiger partial charge is 0.350 e. The van der Waals surface area contributed by atoms with Crippen molar-refractivity contribution in [2.75, 3.05) is 0 Å². The van der Waals surface area contributed by atoms with Gasteiger partial charge < -0.3 is 4.57 Å². The molecule has 1 heterocycles. The molecule has 1 nitrogen and oxygen atoms in total. The van der Waals surface area contributed by atoms with Gasteiger partial charge in [-0.05, 0) is 31.5 Å². The molecule has 0 fully saturated rings. The molecule has 0 atom stereocenters. The monoisotopic (exact) mass is 189 g/mol. The molecule has 0 spiro atoms. The molecule has 1 aromatic heterocycles. The topological polar surface area (TPSA) is 4.93 Å². The highest BCUT2D eigenvalue weighted by Crippen LogP contribution is 2.20. The van der Waals surface area contributed by atoms with Gasteiger partial charge in [-0.25, -0.2) is 0 Å². The van der Waals surface area contributed by atoms with E-state index in [2.05, 4.69) is 49.9 Å². The Balaban J connectivity index is 0.000000461. The van der Waals surface area contributed by atoms with E-state index in [-0.39, 0.29) is 0 Å². The average molecular weight is 189 g/mol. The maximum absolute atomic E-state index is 2.24. The minimum absolute atomic E-state index is 1.32. The number of hydrogen-bond acceptors (Lipinski definition) is 0. The maximum Gasteiger partial charge on any atom is 0.0480 e. The van der Waals surface area contributed by atoms with Crippen molar-refractivity contribution in [2.24, 2.45) is 7.05 Å². The molecule has 76 valence electrons. The van der Waals surface area contributed by atoms with Crippen LogP contribution in [0.1, 0.15) is 25.0 Å². The minimum Gasteiger partial charge on any atom is -0.350 e. The third-order valence-corrected chi connectivity index (χ3v) is 2.34. The summed E-state index contributed by atoms with van der Waals surface area (Å²) in [5.41, 5.74) is 4.01. The van der Waals surface area contributed by atoms with Gasteiger partial charge in [0.2, 0.25) is 0 Å². The summed E-state index contributed by atoms with van der Waals surface area (Å²) in [5.74, 6) is 0. The first-order valence-electron chi connectivity index (χ1n) is 5.21. The number of hydrogen-bond donors (Lipinski definition) is 0. The van der Waals surface area contributed by atoms with Gasteiger partial charge in [0.15, 0.2) is 0 Å². The summed E-state index contributed by atoms with van der Waals surface area (Å²) < 4.78 is 2.17. The Morgan fingerprint density at radius 1 is 1.07 bits per heavy atom. The molecule has 0 saturated heterocycles. The van der Waals surface area contributed by atoms with Crippen molar-refractivity contribution in [3.05, 3.63) is 35.5 Å². The number of aromatic nitrogens is 1. The Kier molecular flexibility index (Phi) is 3.34. The quantitative estimate of drug-likeness (QED) is 0.593. The second kappa shape index (κ2) is 4.32. The van der Waals surface area contributed by atoms with E-state index in [9.17, 15) is 0 Å². The number of aryl methyl sites for hydroxylation is 3. The lowest BCUT2D eigenvalue weighted by molar-refractivity contribution is 0.964. The van der Waals surface area contributed by atoms with Gasteiger partial charge in [0, 0.05) is 24.1 Å². The minimum atomic E-state index is 1.32. The van der Waals surface area contributed by atoms with Crippen molar-refractivity contribution in [3.8, 4) is 0 Å². The van der Waals surface area contributed by atoms with E-state index < -0.39 is 0 Å². The zero-order chi connectivity index (χ0) is 10.7. The Morgan fingerprint density at radius 2 is 1.71 bits per heavy atom. The first-order valence-corrected chi connectivity index (χ1v) is 5.21. The van der Waals surface area contributed by atoms with Gasteiger partial charge in [0.1, 0.15) is 0 Å². The molecule has 0 radical (unpaired) electrons. The fraction of sp³-hybridized carbons (Fsp3) is 0.385. The van der Waals surface area contributed by atoms with Gasteiger partial charge in [-0.15, -0.1) is 0 Å². The lowest BCUT2D eigenvalue weighted by Crippen LogP contribution is -1.82. The lowest BCUT2D eigenvalue weighted by Gasteiger charge is -1.96. The molecular formula is C13H19N. The standard InChI is InChI=1S/C11H13N.C2H6/c1-8-4-5-11-10(6-8)9(2)7-12(11)3;1-2/h4-7H,1-3H3;1-2H3. The van der Waals surface area contributed by atoms with E-state index >= 15 is 0 Å². The maximum atomic E-state index is 2.24. The Hall–Kier alpha value is -1.24. The van der Waals surface area contributed by atoms with Crippen molar-refractivity contribution >= 4 is 10.9 Å². The molecule has 2 aromatic rings. The molecule has 0 amide bonds. The molecule has 0 bridgehead atoms. The van der Waals surface area contributed by atoms with Crippen LogP contribution >= 0.6 is 0 Å². The molecule has 0 aliphatic heterocycles. The summed E-state index contributed by atoms with van der Waals surface area (Å²) in [7, 11) is 2.09. The van der Waals surface area contributed by atoms with Gasteiger partial charge in [0.25, 0.3) is 0 Å². The first-order chi connectivity index (χ1) is 6.68. The van der Waals surface area contributed by atoms with E-state index in [1.54, 1.807) is 0 Å². The summed E-state index contributed by atoms with van der Waals surface area (Å²) in [5, 5.41) is 1.37. The van der Waals surface area contributed by atoms with Crippen LogP contribution in [0.25, 0.3) is 10.9 Å². The summed E-state index contributed by atoms with van der Waals surface area (Å²) in [4.78, 5) is 0.